The molecule has 0 N–H and O–H groups in total. The minimum Gasteiger partial charge on any atom is -1.00 e. The van der Waals surface area contributed by atoms with Crippen LogP contribution < -0.4 is 34.0 Å². The summed E-state index contributed by atoms with van der Waals surface area (Å²) >= 11 is 0. The number of halogens is 2. The van der Waals surface area contributed by atoms with Gasteiger partial charge in [-0.1, -0.05) is 24.3 Å². The lowest BCUT2D eigenvalue weighted by Crippen LogP contribution is -3.00. The molecule has 0 atom stereocenters. The third kappa shape index (κ3) is 3.68. The van der Waals surface area contributed by atoms with Crippen molar-refractivity contribution in [1.82, 2.24) is 29.4 Å². The number of benzene rings is 1. The van der Waals surface area contributed by atoms with Crippen LogP contribution >= 0.6 is 0 Å². The third-order valence-electron chi connectivity index (χ3n) is 7.46. The maximum atomic E-state index is 2.61. The van der Waals surface area contributed by atoms with Crippen LogP contribution in [-0.4, -0.2) is 118 Å². The Labute approximate surface area is 200 Å². The SMILES string of the molecule is [Br-].[Br-].c1cc(C[N+]23CN4CN(CN(C4)C2)C3)ccc1C[N+]12CN3CN(CN(C3)C1)C2. The van der Waals surface area contributed by atoms with Gasteiger partial charge < -0.3 is 34.0 Å². The molecule has 166 valence electrons. The third-order valence-corrected chi connectivity index (χ3v) is 7.46. The fraction of sp³-hybridized carbons (Fsp3) is 0.700. The van der Waals surface area contributed by atoms with E-state index in [2.05, 4.69) is 53.7 Å². The smallest absolute Gasteiger partial charge is 0.139 e. The molecule has 8 saturated heterocycles. The average molecular weight is 544 g/mol. The Morgan fingerprint density at radius 1 is 0.467 bits per heavy atom. The van der Waals surface area contributed by atoms with Crippen molar-refractivity contribution in [3.63, 3.8) is 0 Å². The largest absolute Gasteiger partial charge is 1.00 e. The van der Waals surface area contributed by atoms with E-state index in [1.807, 2.05) is 0 Å². The molecule has 0 aliphatic carbocycles. The van der Waals surface area contributed by atoms with Gasteiger partial charge in [-0.3, -0.25) is 8.97 Å². The number of hydrogen-bond donors (Lipinski definition) is 0. The first-order chi connectivity index (χ1) is 13.6. The van der Waals surface area contributed by atoms with Crippen LogP contribution in [0.1, 0.15) is 11.1 Å². The van der Waals surface area contributed by atoms with E-state index in [0.29, 0.717) is 0 Å². The van der Waals surface area contributed by atoms with Gasteiger partial charge in [0.1, 0.15) is 53.1 Å². The molecule has 0 amide bonds. The Morgan fingerprint density at radius 3 is 0.933 bits per heavy atom. The molecule has 8 heterocycles. The van der Waals surface area contributed by atoms with Crippen LogP contribution in [0, 0.1) is 0 Å². The summed E-state index contributed by atoms with van der Waals surface area (Å²) in [6.07, 6.45) is 0. The van der Waals surface area contributed by atoms with Gasteiger partial charge in [-0.15, -0.1) is 0 Å². The number of nitrogens with zero attached hydrogens (tertiary/aromatic N) is 8. The normalized spacial score (nSPS) is 47.1. The Hall–Kier alpha value is -0.140. The second-order valence-corrected chi connectivity index (χ2v) is 10.5. The van der Waals surface area contributed by atoms with Gasteiger partial charge in [-0.25, -0.2) is 29.4 Å². The first-order valence-corrected chi connectivity index (χ1v) is 10.8. The van der Waals surface area contributed by atoms with Crippen molar-refractivity contribution in [2.24, 2.45) is 0 Å². The molecular formula is C20H32Br2N8. The Balaban J connectivity index is 0.000000963. The zero-order chi connectivity index (χ0) is 18.3. The van der Waals surface area contributed by atoms with Crippen LogP contribution in [0.2, 0.25) is 0 Å². The molecule has 0 aromatic heterocycles. The summed E-state index contributed by atoms with van der Waals surface area (Å²) < 4.78 is 2.39. The van der Waals surface area contributed by atoms with Gasteiger partial charge >= 0.3 is 0 Å². The van der Waals surface area contributed by atoms with E-state index < -0.39 is 0 Å². The molecule has 8 aliphatic heterocycles. The summed E-state index contributed by atoms with van der Waals surface area (Å²) in [6, 6.07) is 9.66. The van der Waals surface area contributed by atoms with Gasteiger partial charge in [0.15, 0.2) is 0 Å². The standard InChI is InChI=1S/C20H32N8.2BrH/c1-2-20(6-28-16-24-10-25(17-28)12-26(11-24)18-28)4-3-19(1)5-27-13-21-7-22(14-27)9-23(8-21)15-27;;/h1-4H,5-18H2;2*1H/q+2;;/p-2. The zero-order valence-corrected chi connectivity index (χ0v) is 20.7. The second kappa shape index (κ2) is 7.72. The minimum absolute atomic E-state index is 0. The highest BCUT2D eigenvalue weighted by Crippen LogP contribution is 2.32. The molecule has 1 aromatic carbocycles. The van der Waals surface area contributed by atoms with Crippen molar-refractivity contribution in [1.29, 1.82) is 0 Å². The predicted molar refractivity (Wildman–Crippen MR) is 104 cm³/mol. The zero-order valence-electron chi connectivity index (χ0n) is 17.5. The van der Waals surface area contributed by atoms with Crippen LogP contribution in [-0.2, 0) is 13.1 Å². The minimum atomic E-state index is 0. The van der Waals surface area contributed by atoms with E-state index in [9.17, 15) is 0 Å². The van der Waals surface area contributed by atoms with Gasteiger partial charge in [-0.05, 0) is 0 Å². The fourth-order valence-electron chi connectivity index (χ4n) is 7.14. The van der Waals surface area contributed by atoms with E-state index >= 15 is 0 Å². The molecule has 8 bridgehead atoms. The molecule has 8 nitrogen and oxygen atoms in total. The summed E-state index contributed by atoms with van der Waals surface area (Å²) in [5.41, 5.74) is 3.01. The van der Waals surface area contributed by atoms with Crippen LogP contribution in [0.4, 0.5) is 0 Å². The van der Waals surface area contributed by atoms with Crippen molar-refractivity contribution < 1.29 is 42.9 Å². The highest BCUT2D eigenvalue weighted by molar-refractivity contribution is 5.21. The van der Waals surface area contributed by atoms with Gasteiger partial charge in [0, 0.05) is 11.1 Å². The molecule has 0 radical (unpaired) electrons. The van der Waals surface area contributed by atoms with Crippen LogP contribution in [0.5, 0.6) is 0 Å². The molecule has 8 aliphatic rings. The first kappa shape index (κ1) is 21.7. The number of quaternary nitrogens is 2. The quantitative estimate of drug-likeness (QED) is 0.350. The van der Waals surface area contributed by atoms with Crippen molar-refractivity contribution in [2.45, 2.75) is 13.1 Å². The number of hydrogen-bond acceptors (Lipinski definition) is 6. The van der Waals surface area contributed by atoms with E-state index in [4.69, 9.17) is 0 Å². The topological polar surface area (TPSA) is 19.4 Å². The van der Waals surface area contributed by atoms with Gasteiger partial charge in [0.2, 0.25) is 0 Å². The molecule has 0 spiro atoms. The molecule has 30 heavy (non-hydrogen) atoms. The molecule has 0 saturated carbocycles. The average Bonchev–Trinajstić information content (AvgIpc) is 2.60. The summed E-state index contributed by atoms with van der Waals surface area (Å²) in [5, 5.41) is 0. The van der Waals surface area contributed by atoms with Gasteiger partial charge in [0.05, 0.1) is 40.0 Å². The Morgan fingerprint density at radius 2 is 0.700 bits per heavy atom. The fourth-order valence-corrected chi connectivity index (χ4v) is 7.14. The van der Waals surface area contributed by atoms with E-state index in [-0.39, 0.29) is 34.0 Å². The van der Waals surface area contributed by atoms with Crippen LogP contribution in [0.15, 0.2) is 24.3 Å². The first-order valence-electron chi connectivity index (χ1n) is 10.8. The number of rotatable bonds is 4. The molecule has 10 heteroatoms. The highest BCUT2D eigenvalue weighted by Gasteiger charge is 2.49. The maximum absolute atomic E-state index is 2.61. The van der Waals surface area contributed by atoms with Gasteiger partial charge in [0.25, 0.3) is 0 Å². The maximum Gasteiger partial charge on any atom is 0.139 e. The van der Waals surface area contributed by atoms with E-state index in [0.717, 1.165) is 0 Å². The van der Waals surface area contributed by atoms with Gasteiger partial charge in [-0.2, -0.15) is 0 Å². The monoisotopic (exact) mass is 542 g/mol. The van der Waals surface area contributed by atoms with E-state index in [1.165, 1.54) is 113 Å². The lowest BCUT2D eigenvalue weighted by Gasteiger charge is -2.61. The van der Waals surface area contributed by atoms with Crippen molar-refractivity contribution in [3.8, 4) is 0 Å². The predicted octanol–water partition coefficient (Wildman–Crippen LogP) is -6.29. The second-order valence-electron chi connectivity index (χ2n) is 10.5. The molecule has 1 aromatic rings. The molecule has 0 unspecified atom stereocenters. The summed E-state index contributed by atoms with van der Waals surface area (Å²) in [7, 11) is 0. The van der Waals surface area contributed by atoms with Crippen molar-refractivity contribution >= 4 is 0 Å². The van der Waals surface area contributed by atoms with E-state index in [1.54, 1.807) is 0 Å². The van der Waals surface area contributed by atoms with Crippen LogP contribution in [0.25, 0.3) is 0 Å². The summed E-state index contributed by atoms with van der Waals surface area (Å²) in [4.78, 5) is 15.6. The summed E-state index contributed by atoms with van der Waals surface area (Å²) in [5.74, 6) is 0. The highest BCUT2D eigenvalue weighted by atomic mass is 79.9. The summed E-state index contributed by atoms with van der Waals surface area (Å²) in [6.45, 7) is 16.6. The molecule has 8 fully saturated rings. The molecule has 9 rings (SSSR count). The lowest BCUT2D eigenvalue weighted by atomic mass is 10.1. The lowest BCUT2D eigenvalue weighted by molar-refractivity contribution is -0.991. The molecular weight excluding hydrogens is 512 g/mol. The van der Waals surface area contributed by atoms with Crippen LogP contribution in [0.3, 0.4) is 0 Å². The Bertz CT molecular complexity index is 652. The Kier molecular flexibility index (Phi) is 5.58. The van der Waals surface area contributed by atoms with Crippen molar-refractivity contribution in [2.75, 3.05) is 80.0 Å². The van der Waals surface area contributed by atoms with Crippen molar-refractivity contribution in [3.05, 3.63) is 35.4 Å².